The van der Waals surface area contributed by atoms with Crippen molar-refractivity contribution in [2.24, 2.45) is 0 Å². The van der Waals surface area contributed by atoms with Crippen molar-refractivity contribution < 1.29 is 4.79 Å². The lowest BCUT2D eigenvalue weighted by Gasteiger charge is -2.09. The Morgan fingerprint density at radius 2 is 1.85 bits per heavy atom. The number of nitrogens with one attached hydrogen (secondary N) is 2. The number of nitrogens with zero attached hydrogens (tertiary/aromatic N) is 1. The summed E-state index contributed by atoms with van der Waals surface area (Å²) >= 11 is 17.8. The van der Waals surface area contributed by atoms with Crippen LogP contribution >= 0.6 is 34.8 Å². The van der Waals surface area contributed by atoms with Crippen molar-refractivity contribution in [2.45, 2.75) is 0 Å². The van der Waals surface area contributed by atoms with Crippen LogP contribution in [0.15, 0.2) is 30.3 Å². The zero-order chi connectivity index (χ0) is 14.7. The monoisotopic (exact) mass is 329 g/mol. The molecule has 0 atom stereocenters. The summed E-state index contributed by atoms with van der Waals surface area (Å²) in [6.07, 6.45) is 0. The van der Waals surface area contributed by atoms with Gasteiger partial charge in [0.25, 0.3) is 5.91 Å². The van der Waals surface area contributed by atoms with Crippen LogP contribution in [0.1, 0.15) is 10.5 Å². The molecule has 0 aliphatic carbocycles. The van der Waals surface area contributed by atoms with E-state index in [1.54, 1.807) is 31.3 Å². The molecule has 1 aromatic heterocycles. The van der Waals surface area contributed by atoms with Gasteiger partial charge in [0.05, 0.1) is 15.7 Å². The Morgan fingerprint density at radius 1 is 1.10 bits per heavy atom. The van der Waals surface area contributed by atoms with Crippen LogP contribution < -0.4 is 10.6 Å². The van der Waals surface area contributed by atoms with Gasteiger partial charge in [-0.3, -0.25) is 4.79 Å². The Bertz CT molecular complexity index is 661. The first-order valence-corrected chi connectivity index (χ1v) is 6.75. The minimum atomic E-state index is -0.448. The summed E-state index contributed by atoms with van der Waals surface area (Å²) in [6.45, 7) is 0. The van der Waals surface area contributed by atoms with E-state index in [2.05, 4.69) is 15.6 Å². The number of rotatable bonds is 3. The van der Waals surface area contributed by atoms with E-state index in [0.29, 0.717) is 21.6 Å². The molecule has 0 unspecified atom stereocenters. The van der Waals surface area contributed by atoms with E-state index in [1.165, 1.54) is 6.07 Å². The summed E-state index contributed by atoms with van der Waals surface area (Å²) in [6, 6.07) is 8.05. The van der Waals surface area contributed by atoms with E-state index in [1.807, 2.05) is 0 Å². The molecule has 0 spiro atoms. The van der Waals surface area contributed by atoms with Crippen molar-refractivity contribution in [1.82, 2.24) is 4.98 Å². The van der Waals surface area contributed by atoms with Gasteiger partial charge in [0.2, 0.25) is 0 Å². The number of halogens is 3. The predicted molar refractivity (Wildman–Crippen MR) is 83.2 cm³/mol. The number of benzene rings is 1. The summed E-state index contributed by atoms with van der Waals surface area (Å²) in [7, 11) is 1.70. The Labute approximate surface area is 131 Å². The quantitative estimate of drug-likeness (QED) is 0.880. The maximum Gasteiger partial charge on any atom is 0.275 e. The lowest BCUT2D eigenvalue weighted by atomic mass is 10.3. The molecule has 0 bridgehead atoms. The molecule has 1 heterocycles. The van der Waals surface area contributed by atoms with Gasteiger partial charge >= 0.3 is 0 Å². The number of carbonyl (C=O) groups is 1. The highest BCUT2D eigenvalue weighted by atomic mass is 35.5. The number of anilines is 2. The molecular formula is C13H10Cl3N3O. The van der Waals surface area contributed by atoms with Crippen LogP contribution in [-0.2, 0) is 0 Å². The van der Waals surface area contributed by atoms with Gasteiger partial charge in [0.1, 0.15) is 11.5 Å². The molecule has 0 saturated heterocycles. The second kappa shape index (κ2) is 6.31. The largest absolute Gasteiger partial charge is 0.373 e. The topological polar surface area (TPSA) is 54.0 Å². The molecule has 0 saturated carbocycles. The molecule has 2 rings (SSSR count). The zero-order valence-electron chi connectivity index (χ0n) is 10.4. The summed E-state index contributed by atoms with van der Waals surface area (Å²) in [5.41, 5.74) is 0.554. The van der Waals surface area contributed by atoms with Crippen LogP contribution in [0.4, 0.5) is 11.5 Å². The van der Waals surface area contributed by atoms with Gasteiger partial charge in [0, 0.05) is 12.1 Å². The van der Waals surface area contributed by atoms with Crippen molar-refractivity contribution in [3.05, 3.63) is 51.1 Å². The van der Waals surface area contributed by atoms with E-state index in [9.17, 15) is 4.79 Å². The van der Waals surface area contributed by atoms with Crippen LogP contribution in [0, 0.1) is 0 Å². The SMILES string of the molecule is CNc1ccc(Cl)c(C(=O)Nc2ccc(Cl)cc2Cl)n1. The molecule has 1 amide bonds. The van der Waals surface area contributed by atoms with E-state index in [0.717, 1.165) is 0 Å². The number of amides is 1. The highest BCUT2D eigenvalue weighted by molar-refractivity contribution is 6.37. The zero-order valence-corrected chi connectivity index (χ0v) is 12.6. The minimum Gasteiger partial charge on any atom is -0.373 e. The summed E-state index contributed by atoms with van der Waals surface area (Å²) in [5, 5.41) is 6.56. The molecule has 2 aromatic rings. The fourth-order valence-corrected chi connectivity index (χ4v) is 2.16. The van der Waals surface area contributed by atoms with E-state index >= 15 is 0 Å². The minimum absolute atomic E-state index is 0.115. The van der Waals surface area contributed by atoms with Crippen molar-refractivity contribution in [3.63, 3.8) is 0 Å². The van der Waals surface area contributed by atoms with Crippen molar-refractivity contribution in [2.75, 3.05) is 17.7 Å². The molecule has 104 valence electrons. The van der Waals surface area contributed by atoms with Crippen molar-refractivity contribution in [1.29, 1.82) is 0 Å². The Kier molecular flexibility index (Phi) is 4.70. The van der Waals surface area contributed by atoms with Gasteiger partial charge in [-0.2, -0.15) is 0 Å². The number of hydrogen-bond acceptors (Lipinski definition) is 3. The van der Waals surface area contributed by atoms with Crippen LogP contribution in [0.2, 0.25) is 15.1 Å². The first kappa shape index (κ1) is 14.9. The lowest BCUT2D eigenvalue weighted by Crippen LogP contribution is -2.15. The fourth-order valence-electron chi connectivity index (χ4n) is 1.51. The maximum atomic E-state index is 12.2. The normalized spacial score (nSPS) is 10.2. The molecule has 20 heavy (non-hydrogen) atoms. The average molecular weight is 331 g/mol. The molecule has 0 radical (unpaired) electrons. The molecule has 1 aromatic carbocycles. The lowest BCUT2D eigenvalue weighted by molar-refractivity contribution is 0.102. The van der Waals surface area contributed by atoms with Gasteiger partial charge in [-0.05, 0) is 30.3 Å². The Morgan fingerprint density at radius 3 is 2.50 bits per heavy atom. The van der Waals surface area contributed by atoms with Gasteiger partial charge in [-0.15, -0.1) is 0 Å². The third-order valence-electron chi connectivity index (χ3n) is 2.50. The average Bonchev–Trinajstić information content (AvgIpc) is 2.42. The van der Waals surface area contributed by atoms with E-state index in [4.69, 9.17) is 34.8 Å². The van der Waals surface area contributed by atoms with Crippen molar-refractivity contribution >= 4 is 52.2 Å². The van der Waals surface area contributed by atoms with E-state index < -0.39 is 5.91 Å². The van der Waals surface area contributed by atoms with Crippen molar-refractivity contribution in [3.8, 4) is 0 Å². The summed E-state index contributed by atoms with van der Waals surface area (Å²) in [5.74, 6) is 0.0954. The number of pyridine rings is 1. The Balaban J connectivity index is 2.28. The van der Waals surface area contributed by atoms with Gasteiger partial charge in [-0.25, -0.2) is 4.98 Å². The van der Waals surface area contributed by atoms with Gasteiger partial charge in [-0.1, -0.05) is 34.8 Å². The first-order valence-electron chi connectivity index (χ1n) is 5.62. The standard InChI is InChI=1S/C13H10Cl3N3O/c1-17-11-5-3-8(15)12(19-11)13(20)18-10-4-2-7(14)6-9(10)16/h2-6H,1H3,(H,17,19)(H,18,20). The summed E-state index contributed by atoms with van der Waals surface area (Å²) in [4.78, 5) is 16.3. The molecule has 4 nitrogen and oxygen atoms in total. The van der Waals surface area contributed by atoms with Crippen LogP contribution in [0.25, 0.3) is 0 Å². The molecule has 0 fully saturated rings. The molecule has 2 N–H and O–H groups in total. The number of aromatic nitrogens is 1. The number of hydrogen-bond donors (Lipinski definition) is 2. The third kappa shape index (κ3) is 3.33. The fraction of sp³-hybridized carbons (Fsp3) is 0.0769. The molecule has 0 aliphatic heterocycles. The maximum absolute atomic E-state index is 12.2. The highest BCUT2D eigenvalue weighted by Gasteiger charge is 2.14. The third-order valence-corrected chi connectivity index (χ3v) is 3.35. The van der Waals surface area contributed by atoms with Crippen LogP contribution in [0.3, 0.4) is 0 Å². The van der Waals surface area contributed by atoms with Crippen LogP contribution in [-0.4, -0.2) is 17.9 Å². The first-order chi connectivity index (χ1) is 9.51. The Hall–Kier alpha value is -1.49. The second-order valence-electron chi connectivity index (χ2n) is 3.86. The smallest absolute Gasteiger partial charge is 0.275 e. The highest BCUT2D eigenvalue weighted by Crippen LogP contribution is 2.26. The number of carbonyl (C=O) groups excluding carboxylic acids is 1. The summed E-state index contributed by atoms with van der Waals surface area (Å²) < 4.78 is 0. The predicted octanol–water partition coefficient (Wildman–Crippen LogP) is 4.34. The second-order valence-corrected chi connectivity index (χ2v) is 5.11. The molecule has 0 aliphatic rings. The van der Waals surface area contributed by atoms with Gasteiger partial charge in [0.15, 0.2) is 0 Å². The van der Waals surface area contributed by atoms with Gasteiger partial charge < -0.3 is 10.6 Å². The van der Waals surface area contributed by atoms with Crippen LogP contribution in [0.5, 0.6) is 0 Å². The molecule has 7 heteroatoms. The molecular weight excluding hydrogens is 321 g/mol. The van der Waals surface area contributed by atoms with E-state index in [-0.39, 0.29) is 10.7 Å².